The Morgan fingerprint density at radius 3 is 2.30 bits per heavy atom. The zero-order chi connectivity index (χ0) is 16.9. The average Bonchev–Trinajstić information content (AvgIpc) is 2.50. The van der Waals surface area contributed by atoms with Crippen LogP contribution in [0.1, 0.15) is 6.42 Å². The molecule has 0 aromatic heterocycles. The van der Waals surface area contributed by atoms with E-state index in [4.69, 9.17) is 23.2 Å². The first-order valence-electron chi connectivity index (χ1n) is 6.68. The maximum absolute atomic E-state index is 12.0. The van der Waals surface area contributed by atoms with Crippen LogP contribution in [0, 0.1) is 0 Å². The monoisotopic (exact) mass is 372 g/mol. The van der Waals surface area contributed by atoms with E-state index < -0.39 is 10.0 Å². The largest absolute Gasteiger partial charge is 0.325 e. The second-order valence-electron chi connectivity index (χ2n) is 4.63. The lowest BCUT2D eigenvalue weighted by Gasteiger charge is -2.08. The van der Waals surface area contributed by atoms with Gasteiger partial charge in [0.2, 0.25) is 15.9 Å². The average molecular weight is 373 g/mol. The highest BCUT2D eigenvalue weighted by Gasteiger charge is 2.14. The number of benzene rings is 2. The van der Waals surface area contributed by atoms with Crippen molar-refractivity contribution in [2.24, 2.45) is 0 Å². The number of hydrogen-bond donors (Lipinski definition) is 2. The van der Waals surface area contributed by atoms with E-state index in [1.807, 2.05) is 0 Å². The molecule has 0 aliphatic heterocycles. The van der Waals surface area contributed by atoms with Gasteiger partial charge in [0.1, 0.15) is 0 Å². The molecule has 0 spiro atoms. The van der Waals surface area contributed by atoms with E-state index in [0.717, 1.165) is 0 Å². The molecule has 5 nitrogen and oxygen atoms in total. The van der Waals surface area contributed by atoms with Crippen LogP contribution in [-0.4, -0.2) is 20.9 Å². The minimum Gasteiger partial charge on any atom is -0.325 e. The van der Waals surface area contributed by atoms with Gasteiger partial charge in [-0.2, -0.15) is 0 Å². The van der Waals surface area contributed by atoms with Crippen molar-refractivity contribution in [1.29, 1.82) is 0 Å². The fourth-order valence-corrected chi connectivity index (χ4v) is 3.11. The number of rotatable bonds is 6. The Hall–Kier alpha value is -1.60. The van der Waals surface area contributed by atoms with Crippen molar-refractivity contribution in [3.05, 3.63) is 58.6 Å². The summed E-state index contributed by atoms with van der Waals surface area (Å²) >= 11 is 11.6. The minimum atomic E-state index is -3.67. The quantitative estimate of drug-likeness (QED) is 0.816. The third-order valence-corrected chi connectivity index (χ3v) is 4.97. The summed E-state index contributed by atoms with van der Waals surface area (Å²) in [7, 11) is -3.67. The van der Waals surface area contributed by atoms with Gasteiger partial charge in [-0.1, -0.05) is 35.3 Å². The zero-order valence-corrected chi connectivity index (χ0v) is 14.3. The second-order valence-corrected chi connectivity index (χ2v) is 7.24. The summed E-state index contributed by atoms with van der Waals surface area (Å²) in [4.78, 5) is 11.9. The van der Waals surface area contributed by atoms with Gasteiger partial charge in [0.25, 0.3) is 0 Å². The van der Waals surface area contributed by atoms with E-state index in [9.17, 15) is 13.2 Å². The van der Waals surface area contributed by atoms with Crippen LogP contribution >= 0.6 is 23.2 Å². The van der Waals surface area contributed by atoms with Gasteiger partial charge in [0, 0.05) is 18.0 Å². The first kappa shape index (κ1) is 17.7. The molecule has 0 saturated heterocycles. The van der Waals surface area contributed by atoms with Crippen molar-refractivity contribution in [1.82, 2.24) is 4.72 Å². The standard InChI is InChI=1S/C15H14Cl2N2O3S/c16-11-5-7-12(8-6-11)23(21,22)18-10-9-15(20)19-14-4-2-1-3-13(14)17/h1-8,18H,9-10H2,(H,19,20). The van der Waals surface area contributed by atoms with E-state index >= 15 is 0 Å². The predicted molar refractivity (Wildman–Crippen MR) is 91.3 cm³/mol. The smallest absolute Gasteiger partial charge is 0.240 e. The van der Waals surface area contributed by atoms with Gasteiger partial charge >= 0.3 is 0 Å². The van der Waals surface area contributed by atoms with Gasteiger partial charge in [-0.3, -0.25) is 4.79 Å². The SMILES string of the molecule is O=C(CCNS(=O)(=O)c1ccc(Cl)cc1)Nc1ccccc1Cl. The van der Waals surface area contributed by atoms with Gasteiger partial charge in [-0.05, 0) is 36.4 Å². The molecule has 8 heteroatoms. The number of hydrogen-bond acceptors (Lipinski definition) is 3. The van der Waals surface area contributed by atoms with Crippen LogP contribution < -0.4 is 10.0 Å². The third kappa shape index (κ3) is 5.21. The molecular formula is C15H14Cl2N2O3S. The lowest BCUT2D eigenvalue weighted by atomic mass is 10.3. The van der Waals surface area contributed by atoms with E-state index in [1.165, 1.54) is 24.3 Å². The van der Waals surface area contributed by atoms with E-state index in [2.05, 4.69) is 10.0 Å². The van der Waals surface area contributed by atoms with Crippen LogP contribution in [0.4, 0.5) is 5.69 Å². The molecule has 0 unspecified atom stereocenters. The second kappa shape index (κ2) is 7.79. The maximum Gasteiger partial charge on any atom is 0.240 e. The summed E-state index contributed by atoms with van der Waals surface area (Å²) in [5.41, 5.74) is 0.486. The Balaban J connectivity index is 1.88. The van der Waals surface area contributed by atoms with Crippen LogP contribution in [-0.2, 0) is 14.8 Å². The lowest BCUT2D eigenvalue weighted by molar-refractivity contribution is -0.116. The first-order valence-corrected chi connectivity index (χ1v) is 8.92. The molecule has 23 heavy (non-hydrogen) atoms. The van der Waals surface area contributed by atoms with Crippen LogP contribution in [0.25, 0.3) is 0 Å². The predicted octanol–water partition coefficient (Wildman–Crippen LogP) is 3.30. The number of anilines is 1. The molecule has 0 aliphatic carbocycles. The molecule has 0 atom stereocenters. The zero-order valence-electron chi connectivity index (χ0n) is 11.9. The van der Waals surface area contributed by atoms with Crippen LogP contribution in [0.5, 0.6) is 0 Å². The van der Waals surface area contributed by atoms with Crippen molar-refractivity contribution in [2.45, 2.75) is 11.3 Å². The molecule has 0 fully saturated rings. The molecule has 0 radical (unpaired) electrons. The summed E-state index contributed by atoms with van der Waals surface area (Å²) in [6.45, 7) is -0.0265. The summed E-state index contributed by atoms with van der Waals surface area (Å²) in [5, 5.41) is 3.49. The number of carbonyl (C=O) groups is 1. The number of amides is 1. The molecule has 0 bridgehead atoms. The van der Waals surface area contributed by atoms with E-state index in [0.29, 0.717) is 15.7 Å². The molecule has 0 aliphatic rings. The van der Waals surface area contributed by atoms with Gasteiger partial charge in [0.15, 0.2) is 0 Å². The summed E-state index contributed by atoms with van der Waals surface area (Å²) in [6.07, 6.45) is -0.0158. The van der Waals surface area contributed by atoms with Crippen molar-refractivity contribution >= 4 is 44.8 Å². The Kier molecular flexibility index (Phi) is 6.01. The number of sulfonamides is 1. The minimum absolute atomic E-state index is 0.0158. The highest BCUT2D eigenvalue weighted by molar-refractivity contribution is 7.89. The Morgan fingerprint density at radius 2 is 1.65 bits per heavy atom. The molecule has 2 rings (SSSR count). The number of carbonyl (C=O) groups excluding carboxylic acids is 1. The Labute approximate surface area is 144 Å². The van der Waals surface area contributed by atoms with Crippen molar-refractivity contribution in [3.8, 4) is 0 Å². The van der Waals surface area contributed by atoms with E-state index in [1.54, 1.807) is 24.3 Å². The van der Waals surface area contributed by atoms with Gasteiger partial charge in [-0.25, -0.2) is 13.1 Å². The van der Waals surface area contributed by atoms with Crippen molar-refractivity contribution < 1.29 is 13.2 Å². The topological polar surface area (TPSA) is 75.3 Å². The summed E-state index contributed by atoms with van der Waals surface area (Å²) in [5.74, 6) is -0.336. The molecule has 1 amide bonds. The number of para-hydroxylation sites is 1. The molecule has 0 heterocycles. The first-order chi connectivity index (χ1) is 10.9. The molecule has 122 valence electrons. The maximum atomic E-state index is 12.0. The third-order valence-electron chi connectivity index (χ3n) is 2.92. The van der Waals surface area contributed by atoms with Crippen molar-refractivity contribution in [2.75, 3.05) is 11.9 Å². The number of halogens is 2. The molecule has 2 aromatic rings. The van der Waals surface area contributed by atoms with E-state index in [-0.39, 0.29) is 23.8 Å². The highest BCUT2D eigenvalue weighted by atomic mass is 35.5. The summed E-state index contributed by atoms with van der Waals surface area (Å²) in [6, 6.07) is 12.6. The van der Waals surface area contributed by atoms with Gasteiger partial charge in [-0.15, -0.1) is 0 Å². The van der Waals surface area contributed by atoms with Gasteiger partial charge < -0.3 is 5.32 Å². The fraction of sp³-hybridized carbons (Fsp3) is 0.133. The molecule has 2 N–H and O–H groups in total. The molecule has 0 saturated carbocycles. The van der Waals surface area contributed by atoms with Gasteiger partial charge in [0.05, 0.1) is 15.6 Å². The number of nitrogens with one attached hydrogen (secondary N) is 2. The van der Waals surface area contributed by atoms with Crippen LogP contribution in [0.15, 0.2) is 53.4 Å². The van der Waals surface area contributed by atoms with Crippen LogP contribution in [0.3, 0.4) is 0 Å². The molecular weight excluding hydrogens is 359 g/mol. The summed E-state index contributed by atoms with van der Waals surface area (Å²) < 4.78 is 26.4. The van der Waals surface area contributed by atoms with Crippen molar-refractivity contribution in [3.63, 3.8) is 0 Å². The lowest BCUT2D eigenvalue weighted by Crippen LogP contribution is -2.27. The van der Waals surface area contributed by atoms with Crippen LogP contribution in [0.2, 0.25) is 10.0 Å². The Bertz CT molecular complexity index is 793. The molecule has 2 aromatic carbocycles. The Morgan fingerprint density at radius 1 is 1.00 bits per heavy atom. The fourth-order valence-electron chi connectivity index (χ4n) is 1.77. The normalized spacial score (nSPS) is 11.2. The highest BCUT2D eigenvalue weighted by Crippen LogP contribution is 2.20.